The zero-order valence-electron chi connectivity index (χ0n) is 25.3. The fourth-order valence-electron chi connectivity index (χ4n) is 5.91. The summed E-state index contributed by atoms with van der Waals surface area (Å²) in [6.07, 6.45) is 9.08. The zero-order chi connectivity index (χ0) is 27.8. The third kappa shape index (κ3) is 9.84. The highest BCUT2D eigenvalue weighted by molar-refractivity contribution is 5.84. The van der Waals surface area contributed by atoms with Gasteiger partial charge in [-0.25, -0.2) is 0 Å². The second-order valence-electron chi connectivity index (χ2n) is 13.3. The van der Waals surface area contributed by atoms with Crippen LogP contribution >= 0.6 is 0 Å². The SMILES string of the molecule is CCCC(CCCCOC(C)OC(=O)C1C2CCC(C2)C1C(=O)OC(C)(C)C)COC(C)C(C)(C)CC. The molecule has 7 unspecified atom stereocenters. The number of carbonyl (C=O) groups is 2. The summed E-state index contributed by atoms with van der Waals surface area (Å²) in [5, 5.41) is 0. The third-order valence-electron chi connectivity index (χ3n) is 8.80. The van der Waals surface area contributed by atoms with Gasteiger partial charge in [0.05, 0.1) is 24.5 Å². The third-order valence-corrected chi connectivity index (χ3v) is 8.80. The van der Waals surface area contributed by atoms with E-state index in [1.165, 1.54) is 6.42 Å². The van der Waals surface area contributed by atoms with Crippen LogP contribution in [0.5, 0.6) is 0 Å². The Morgan fingerprint density at radius 2 is 1.49 bits per heavy atom. The van der Waals surface area contributed by atoms with Crippen molar-refractivity contribution in [2.24, 2.45) is 35.0 Å². The van der Waals surface area contributed by atoms with Gasteiger partial charge in [0, 0.05) is 6.61 Å². The molecule has 0 aromatic rings. The monoisotopic (exact) mass is 524 g/mol. The van der Waals surface area contributed by atoms with Crippen LogP contribution in [0.25, 0.3) is 0 Å². The van der Waals surface area contributed by atoms with Gasteiger partial charge in [-0.2, -0.15) is 0 Å². The molecule has 0 saturated heterocycles. The lowest BCUT2D eigenvalue weighted by atomic mass is 9.79. The summed E-state index contributed by atoms with van der Waals surface area (Å²) in [4.78, 5) is 25.9. The lowest BCUT2D eigenvalue weighted by Crippen LogP contribution is -2.40. The van der Waals surface area contributed by atoms with E-state index in [-0.39, 0.29) is 41.2 Å². The van der Waals surface area contributed by atoms with Gasteiger partial charge in [0.25, 0.3) is 0 Å². The van der Waals surface area contributed by atoms with Gasteiger partial charge < -0.3 is 18.9 Å². The molecule has 2 bridgehead atoms. The van der Waals surface area contributed by atoms with Crippen molar-refractivity contribution in [1.82, 2.24) is 0 Å². The minimum atomic E-state index is -0.613. The summed E-state index contributed by atoms with van der Waals surface area (Å²) in [5.74, 6) is -0.350. The first-order chi connectivity index (χ1) is 17.3. The quantitative estimate of drug-likeness (QED) is 0.120. The number of unbranched alkanes of at least 4 members (excludes halogenated alkanes) is 1. The normalized spacial score (nSPS) is 26.1. The summed E-state index contributed by atoms with van der Waals surface area (Å²) in [6.45, 7) is 19.9. The molecule has 2 rings (SSSR count). The maximum Gasteiger partial charge on any atom is 0.312 e. The molecule has 0 amide bonds. The average molecular weight is 525 g/mol. The molecule has 0 spiro atoms. The number of ether oxygens (including phenoxy) is 4. The van der Waals surface area contributed by atoms with Crippen LogP contribution in [0.2, 0.25) is 0 Å². The molecule has 216 valence electrons. The average Bonchev–Trinajstić information content (AvgIpc) is 3.42. The van der Waals surface area contributed by atoms with Crippen molar-refractivity contribution in [3.63, 3.8) is 0 Å². The Balaban J connectivity index is 1.73. The Kier molecular flexibility index (Phi) is 12.4. The predicted octanol–water partition coefficient (Wildman–Crippen LogP) is 7.32. The van der Waals surface area contributed by atoms with Gasteiger partial charge in [0.1, 0.15) is 5.60 Å². The molecule has 2 aliphatic carbocycles. The Morgan fingerprint density at radius 1 is 0.865 bits per heavy atom. The van der Waals surface area contributed by atoms with E-state index in [1.54, 1.807) is 6.92 Å². The lowest BCUT2D eigenvalue weighted by Gasteiger charge is -2.32. The van der Waals surface area contributed by atoms with Crippen LogP contribution in [0.15, 0.2) is 0 Å². The highest BCUT2D eigenvalue weighted by Gasteiger charge is 2.55. The molecular formula is C31H56O6. The van der Waals surface area contributed by atoms with Crippen LogP contribution in [0.3, 0.4) is 0 Å². The van der Waals surface area contributed by atoms with Gasteiger partial charge in [0.2, 0.25) is 0 Å². The smallest absolute Gasteiger partial charge is 0.312 e. The number of hydrogen-bond acceptors (Lipinski definition) is 6. The van der Waals surface area contributed by atoms with E-state index in [1.807, 2.05) is 20.8 Å². The molecule has 6 heteroatoms. The van der Waals surface area contributed by atoms with Crippen LogP contribution in [-0.4, -0.2) is 43.1 Å². The van der Waals surface area contributed by atoms with Gasteiger partial charge in [-0.3, -0.25) is 9.59 Å². The van der Waals surface area contributed by atoms with Gasteiger partial charge in [-0.05, 0) is 103 Å². The molecule has 0 radical (unpaired) electrons. The van der Waals surface area contributed by atoms with Crippen molar-refractivity contribution in [3.05, 3.63) is 0 Å². The maximum atomic E-state index is 13.1. The first kappa shape index (κ1) is 32.1. The molecule has 2 saturated carbocycles. The van der Waals surface area contributed by atoms with Gasteiger partial charge >= 0.3 is 11.9 Å². The summed E-state index contributed by atoms with van der Waals surface area (Å²) < 4.78 is 23.4. The van der Waals surface area contributed by atoms with E-state index in [9.17, 15) is 9.59 Å². The van der Waals surface area contributed by atoms with Crippen molar-refractivity contribution < 1.29 is 28.5 Å². The molecule has 6 nitrogen and oxygen atoms in total. The largest absolute Gasteiger partial charge is 0.460 e. The van der Waals surface area contributed by atoms with E-state index >= 15 is 0 Å². The van der Waals surface area contributed by atoms with Crippen LogP contribution in [-0.2, 0) is 28.5 Å². The van der Waals surface area contributed by atoms with Gasteiger partial charge in [-0.15, -0.1) is 0 Å². The van der Waals surface area contributed by atoms with Crippen molar-refractivity contribution in [2.45, 2.75) is 138 Å². The number of esters is 2. The topological polar surface area (TPSA) is 71.1 Å². The minimum absolute atomic E-state index is 0.198. The molecule has 0 aromatic heterocycles. The minimum Gasteiger partial charge on any atom is -0.460 e. The molecule has 2 aliphatic rings. The highest BCUT2D eigenvalue weighted by Crippen LogP contribution is 2.53. The first-order valence-corrected chi connectivity index (χ1v) is 15.0. The Hall–Kier alpha value is -1.14. The molecule has 0 aliphatic heterocycles. The van der Waals surface area contributed by atoms with E-state index < -0.39 is 17.8 Å². The van der Waals surface area contributed by atoms with Crippen molar-refractivity contribution in [2.75, 3.05) is 13.2 Å². The summed E-state index contributed by atoms with van der Waals surface area (Å²) >= 11 is 0. The number of rotatable bonds is 16. The van der Waals surface area contributed by atoms with Crippen molar-refractivity contribution in [3.8, 4) is 0 Å². The number of carbonyl (C=O) groups excluding carboxylic acids is 2. The number of hydrogen-bond donors (Lipinski definition) is 0. The van der Waals surface area contributed by atoms with E-state index in [0.29, 0.717) is 12.5 Å². The van der Waals surface area contributed by atoms with Crippen LogP contribution in [0, 0.1) is 35.0 Å². The Morgan fingerprint density at radius 3 is 2.05 bits per heavy atom. The van der Waals surface area contributed by atoms with Crippen LogP contribution in [0.4, 0.5) is 0 Å². The fraction of sp³-hybridized carbons (Fsp3) is 0.935. The van der Waals surface area contributed by atoms with Crippen molar-refractivity contribution >= 4 is 11.9 Å². The molecule has 0 aromatic carbocycles. The number of fused-ring (bicyclic) bond motifs is 2. The van der Waals surface area contributed by atoms with Crippen LogP contribution < -0.4 is 0 Å². The molecular weight excluding hydrogens is 468 g/mol. The van der Waals surface area contributed by atoms with Crippen molar-refractivity contribution in [1.29, 1.82) is 0 Å². The standard InChI is InChI=1S/C31H56O6/c1-10-14-23(20-35-21(3)31(8,9)11-2)15-12-13-18-34-22(4)36-28(32)26-24-16-17-25(19-24)27(26)29(33)37-30(5,6)7/h21-27H,10-20H2,1-9H3. The molecule has 37 heavy (non-hydrogen) atoms. The van der Waals surface area contributed by atoms with E-state index in [2.05, 4.69) is 34.6 Å². The molecule has 0 heterocycles. The Bertz CT molecular complexity index is 711. The summed E-state index contributed by atoms with van der Waals surface area (Å²) in [5.41, 5.74) is -0.362. The Labute approximate surface area is 226 Å². The van der Waals surface area contributed by atoms with E-state index in [0.717, 1.165) is 58.0 Å². The highest BCUT2D eigenvalue weighted by atomic mass is 16.7. The molecule has 0 N–H and O–H groups in total. The second-order valence-corrected chi connectivity index (χ2v) is 13.3. The second kappa shape index (κ2) is 14.3. The van der Waals surface area contributed by atoms with Crippen LogP contribution in [0.1, 0.15) is 120 Å². The summed E-state index contributed by atoms with van der Waals surface area (Å²) in [7, 11) is 0. The van der Waals surface area contributed by atoms with E-state index in [4.69, 9.17) is 18.9 Å². The lowest BCUT2D eigenvalue weighted by molar-refractivity contribution is -0.188. The van der Waals surface area contributed by atoms with Gasteiger partial charge in [0.15, 0.2) is 6.29 Å². The fourth-order valence-corrected chi connectivity index (χ4v) is 5.91. The molecule has 2 fully saturated rings. The predicted molar refractivity (Wildman–Crippen MR) is 147 cm³/mol. The summed E-state index contributed by atoms with van der Waals surface area (Å²) in [6, 6.07) is 0. The zero-order valence-corrected chi connectivity index (χ0v) is 25.3. The molecule has 7 atom stereocenters. The maximum absolute atomic E-state index is 13.1. The first-order valence-electron chi connectivity index (χ1n) is 15.0. The van der Waals surface area contributed by atoms with Gasteiger partial charge in [-0.1, -0.05) is 40.5 Å².